The Morgan fingerprint density at radius 1 is 1.32 bits per heavy atom. The van der Waals surface area contributed by atoms with Crippen LogP contribution < -0.4 is 4.74 Å². The molecule has 120 valence electrons. The van der Waals surface area contributed by atoms with Gasteiger partial charge in [-0.3, -0.25) is 4.79 Å². The molecular formula is C16H23N3O3. The predicted octanol–water partition coefficient (Wildman–Crippen LogP) is 1.24. The van der Waals surface area contributed by atoms with E-state index in [4.69, 9.17) is 4.74 Å². The Hall–Kier alpha value is -1.69. The van der Waals surface area contributed by atoms with Crippen LogP contribution >= 0.6 is 0 Å². The first-order valence-electron chi connectivity index (χ1n) is 7.77. The number of carbonyl (C=O) groups excluding carboxylic acids is 1. The normalized spacial score (nSPS) is 26.1. The monoisotopic (exact) mass is 305 g/mol. The van der Waals surface area contributed by atoms with Crippen molar-refractivity contribution in [2.45, 2.75) is 45.6 Å². The highest BCUT2D eigenvalue weighted by atomic mass is 16.5. The van der Waals surface area contributed by atoms with Crippen LogP contribution in [0.4, 0.5) is 0 Å². The maximum absolute atomic E-state index is 12.3. The Morgan fingerprint density at radius 3 is 2.55 bits per heavy atom. The summed E-state index contributed by atoms with van der Waals surface area (Å²) in [6.07, 6.45) is 2.43. The smallest absolute Gasteiger partial charge is 0.316 e. The summed E-state index contributed by atoms with van der Waals surface area (Å²) in [4.78, 5) is 22.5. The van der Waals surface area contributed by atoms with Gasteiger partial charge in [0, 0.05) is 23.3 Å². The third kappa shape index (κ3) is 3.06. The number of aromatic nitrogens is 2. The van der Waals surface area contributed by atoms with Gasteiger partial charge in [-0.05, 0) is 39.2 Å². The fourth-order valence-electron chi connectivity index (χ4n) is 2.89. The Bertz CT molecular complexity index is 580. The van der Waals surface area contributed by atoms with Gasteiger partial charge in [0.15, 0.2) is 0 Å². The largest absolute Gasteiger partial charge is 0.460 e. The number of carbonyl (C=O) groups is 1. The zero-order chi connectivity index (χ0) is 16.0. The highest BCUT2D eigenvalue weighted by Gasteiger charge is 2.50. The van der Waals surface area contributed by atoms with Crippen molar-refractivity contribution in [3.05, 3.63) is 17.5 Å². The second-order valence-corrected chi connectivity index (χ2v) is 6.98. The highest BCUT2D eigenvalue weighted by molar-refractivity contribution is 5.85. The van der Waals surface area contributed by atoms with E-state index in [0.29, 0.717) is 19.5 Å². The van der Waals surface area contributed by atoms with Crippen LogP contribution in [-0.4, -0.2) is 51.2 Å². The van der Waals surface area contributed by atoms with Crippen LogP contribution in [0.1, 0.15) is 37.6 Å². The van der Waals surface area contributed by atoms with Gasteiger partial charge in [-0.25, -0.2) is 9.97 Å². The van der Waals surface area contributed by atoms with Gasteiger partial charge in [-0.2, -0.15) is 0 Å². The summed E-state index contributed by atoms with van der Waals surface area (Å²) in [5, 5.41) is 10.6. The second-order valence-electron chi connectivity index (χ2n) is 6.98. The van der Waals surface area contributed by atoms with Crippen molar-refractivity contribution >= 4 is 5.91 Å². The number of ether oxygens (including phenoxy) is 1. The number of hydrogen-bond donors (Lipinski definition) is 1. The first kappa shape index (κ1) is 15.2. The minimum Gasteiger partial charge on any atom is -0.460 e. The molecule has 0 bridgehead atoms. The van der Waals surface area contributed by atoms with Crippen molar-refractivity contribution in [2.75, 3.05) is 19.7 Å². The van der Waals surface area contributed by atoms with Gasteiger partial charge in [0.2, 0.25) is 5.91 Å². The number of nitrogens with zero attached hydrogens (tertiary/aromatic N) is 3. The molecule has 6 nitrogen and oxygen atoms in total. The van der Waals surface area contributed by atoms with Gasteiger partial charge in [-0.1, -0.05) is 6.92 Å². The highest BCUT2D eigenvalue weighted by Crippen LogP contribution is 2.47. The summed E-state index contributed by atoms with van der Waals surface area (Å²) >= 11 is 0. The van der Waals surface area contributed by atoms with Gasteiger partial charge in [0.1, 0.15) is 12.2 Å². The first-order valence-corrected chi connectivity index (χ1v) is 7.77. The molecule has 1 saturated heterocycles. The maximum Gasteiger partial charge on any atom is 0.316 e. The van der Waals surface area contributed by atoms with E-state index >= 15 is 0 Å². The molecule has 0 aromatic carbocycles. The fourth-order valence-corrected chi connectivity index (χ4v) is 2.89. The van der Waals surface area contributed by atoms with Crippen molar-refractivity contribution in [1.29, 1.82) is 0 Å². The molecule has 1 unspecified atom stereocenters. The van der Waals surface area contributed by atoms with E-state index < -0.39 is 5.60 Å². The van der Waals surface area contributed by atoms with Gasteiger partial charge >= 0.3 is 6.01 Å². The lowest BCUT2D eigenvalue weighted by Crippen LogP contribution is -2.42. The summed E-state index contributed by atoms with van der Waals surface area (Å²) < 4.78 is 5.57. The van der Waals surface area contributed by atoms with Gasteiger partial charge < -0.3 is 14.7 Å². The Balaban J connectivity index is 1.59. The van der Waals surface area contributed by atoms with Crippen molar-refractivity contribution in [3.63, 3.8) is 0 Å². The molecular weight excluding hydrogens is 282 g/mol. The van der Waals surface area contributed by atoms with Crippen LogP contribution in [0, 0.1) is 19.3 Å². The molecule has 1 aromatic heterocycles. The van der Waals surface area contributed by atoms with Gasteiger partial charge in [0.25, 0.3) is 0 Å². The fraction of sp³-hybridized carbons (Fsp3) is 0.688. The molecule has 2 fully saturated rings. The number of β-amino-alcohol motifs (C(OH)–C–C–N with tert-alkyl or cyclic N) is 1. The molecule has 1 atom stereocenters. The molecule has 1 amide bonds. The van der Waals surface area contributed by atoms with Crippen LogP contribution in [0.3, 0.4) is 0 Å². The molecule has 1 saturated carbocycles. The van der Waals surface area contributed by atoms with Crippen LogP contribution in [0.15, 0.2) is 6.07 Å². The van der Waals surface area contributed by atoms with Crippen molar-refractivity contribution in [1.82, 2.24) is 14.9 Å². The molecule has 1 N–H and O–H groups in total. The first-order chi connectivity index (χ1) is 10.3. The topological polar surface area (TPSA) is 75.6 Å². The molecule has 3 rings (SSSR count). The van der Waals surface area contributed by atoms with E-state index in [1.807, 2.05) is 26.8 Å². The third-order valence-corrected chi connectivity index (χ3v) is 4.57. The molecule has 0 spiro atoms. The zero-order valence-corrected chi connectivity index (χ0v) is 13.4. The van der Waals surface area contributed by atoms with Gasteiger partial charge in [0.05, 0.1) is 6.54 Å². The number of aryl methyl sites for hydroxylation is 2. The maximum atomic E-state index is 12.3. The van der Waals surface area contributed by atoms with E-state index in [0.717, 1.165) is 24.2 Å². The van der Waals surface area contributed by atoms with Gasteiger partial charge in [-0.15, -0.1) is 0 Å². The predicted molar refractivity (Wildman–Crippen MR) is 80.5 cm³/mol. The SMILES string of the molecule is Cc1cc(C)nc(OCC2(O)CCN(C(=O)C3(C)CC3)C2)n1. The molecule has 22 heavy (non-hydrogen) atoms. The number of likely N-dealkylation sites (tertiary alicyclic amines) is 1. The number of amides is 1. The third-order valence-electron chi connectivity index (χ3n) is 4.57. The summed E-state index contributed by atoms with van der Waals surface area (Å²) in [6, 6.07) is 2.15. The number of aliphatic hydroxyl groups is 1. The molecule has 2 aliphatic rings. The average molecular weight is 305 g/mol. The van der Waals surface area contributed by atoms with Crippen LogP contribution in [0.25, 0.3) is 0 Å². The molecule has 1 aliphatic heterocycles. The Labute approximate surface area is 130 Å². The quantitative estimate of drug-likeness (QED) is 0.905. The van der Waals surface area contributed by atoms with Crippen molar-refractivity contribution in [3.8, 4) is 6.01 Å². The van der Waals surface area contributed by atoms with E-state index in [1.165, 1.54) is 0 Å². The lowest BCUT2D eigenvalue weighted by molar-refractivity contribution is -0.136. The molecule has 1 aromatic rings. The summed E-state index contributed by atoms with van der Waals surface area (Å²) in [5.41, 5.74) is 0.462. The van der Waals surface area contributed by atoms with E-state index in [-0.39, 0.29) is 23.9 Å². The summed E-state index contributed by atoms with van der Waals surface area (Å²) in [5.74, 6) is 0.158. The molecule has 1 aliphatic carbocycles. The molecule has 2 heterocycles. The second kappa shape index (κ2) is 5.19. The lowest BCUT2D eigenvalue weighted by atomic mass is 10.1. The summed E-state index contributed by atoms with van der Waals surface area (Å²) in [7, 11) is 0. The minimum absolute atomic E-state index is 0.108. The van der Waals surface area contributed by atoms with E-state index in [2.05, 4.69) is 9.97 Å². The van der Waals surface area contributed by atoms with Crippen LogP contribution in [-0.2, 0) is 4.79 Å². The zero-order valence-electron chi connectivity index (χ0n) is 13.4. The number of hydrogen-bond acceptors (Lipinski definition) is 5. The lowest BCUT2D eigenvalue weighted by Gasteiger charge is -2.24. The Morgan fingerprint density at radius 2 is 1.95 bits per heavy atom. The van der Waals surface area contributed by atoms with E-state index in [9.17, 15) is 9.90 Å². The summed E-state index contributed by atoms with van der Waals surface area (Å²) in [6.45, 7) is 6.77. The Kier molecular flexibility index (Phi) is 3.59. The standard InChI is InChI=1S/C16H23N3O3/c1-11-8-12(2)18-14(17-11)22-10-16(21)6-7-19(9-16)13(20)15(3)4-5-15/h8,21H,4-7,9-10H2,1-3H3. The van der Waals surface area contributed by atoms with Crippen molar-refractivity contribution < 1.29 is 14.6 Å². The minimum atomic E-state index is -1.01. The van der Waals surface area contributed by atoms with Crippen LogP contribution in [0.5, 0.6) is 6.01 Å². The van der Waals surface area contributed by atoms with E-state index in [1.54, 1.807) is 4.90 Å². The number of rotatable bonds is 4. The molecule has 0 radical (unpaired) electrons. The van der Waals surface area contributed by atoms with Crippen LogP contribution in [0.2, 0.25) is 0 Å². The van der Waals surface area contributed by atoms with Crippen molar-refractivity contribution in [2.24, 2.45) is 5.41 Å². The average Bonchev–Trinajstić information content (AvgIpc) is 3.07. The molecule has 6 heteroatoms.